The maximum absolute atomic E-state index is 13.2. The molecule has 0 N–H and O–H groups in total. The lowest BCUT2D eigenvalue weighted by Crippen LogP contribution is -2.40. The van der Waals surface area contributed by atoms with Crippen molar-refractivity contribution in [3.8, 4) is 11.5 Å². The number of hydrogen-bond acceptors (Lipinski definition) is 8. The first-order valence-electron chi connectivity index (χ1n) is 10.2. The number of rotatable bonds is 7. The maximum Gasteiger partial charge on any atom is 0.338 e. The molecule has 0 aromatic heterocycles. The second-order valence-electron chi connectivity index (χ2n) is 6.97. The zero-order valence-corrected chi connectivity index (χ0v) is 19.1. The molecule has 0 saturated carbocycles. The Labute approximate surface area is 185 Å². The Morgan fingerprint density at radius 3 is 2.52 bits per heavy atom. The zero-order valence-electron chi connectivity index (χ0n) is 18.3. The third kappa shape index (κ3) is 4.46. The molecule has 8 nitrogen and oxygen atoms in total. The van der Waals surface area contributed by atoms with E-state index in [1.54, 1.807) is 36.9 Å². The van der Waals surface area contributed by atoms with E-state index in [1.807, 2.05) is 13.8 Å². The van der Waals surface area contributed by atoms with Crippen LogP contribution < -0.4 is 9.47 Å². The number of esters is 2. The lowest BCUT2D eigenvalue weighted by Gasteiger charge is -2.33. The second kappa shape index (κ2) is 9.55. The van der Waals surface area contributed by atoms with Crippen LogP contribution in [0.25, 0.3) is 0 Å². The molecule has 1 aromatic rings. The summed E-state index contributed by atoms with van der Waals surface area (Å²) in [6.07, 6.45) is 0.648. The minimum Gasteiger partial charge on any atom is -0.490 e. The first kappa shape index (κ1) is 22.9. The van der Waals surface area contributed by atoms with Crippen molar-refractivity contribution in [1.82, 2.24) is 4.90 Å². The molecular weight excluding hydrogens is 420 g/mol. The fraction of sp³-hybridized carbons (Fsp3) is 0.455. The normalized spacial score (nSPS) is 20.4. The Morgan fingerprint density at radius 1 is 1.16 bits per heavy atom. The molecule has 2 atom stereocenters. The molecule has 2 aliphatic heterocycles. The van der Waals surface area contributed by atoms with E-state index in [-0.39, 0.29) is 23.5 Å². The van der Waals surface area contributed by atoms with Gasteiger partial charge in [-0.1, -0.05) is 24.8 Å². The van der Waals surface area contributed by atoms with Gasteiger partial charge in [-0.3, -0.25) is 14.5 Å². The molecule has 0 spiro atoms. The van der Waals surface area contributed by atoms with Crippen molar-refractivity contribution in [2.75, 3.05) is 13.2 Å². The fourth-order valence-corrected chi connectivity index (χ4v) is 4.71. The average molecular weight is 447 g/mol. The quantitative estimate of drug-likeness (QED) is 0.466. The monoisotopic (exact) mass is 446 g/mol. The van der Waals surface area contributed by atoms with E-state index < -0.39 is 18.0 Å². The molecule has 0 unspecified atom stereocenters. The summed E-state index contributed by atoms with van der Waals surface area (Å²) in [7, 11) is 0. The van der Waals surface area contributed by atoms with E-state index in [9.17, 15) is 14.4 Å². The van der Waals surface area contributed by atoms with Gasteiger partial charge in [0.05, 0.1) is 35.8 Å². The van der Waals surface area contributed by atoms with Crippen LogP contribution in [0.2, 0.25) is 0 Å². The zero-order chi connectivity index (χ0) is 22.7. The number of carbonyl (C=O) groups is 3. The largest absolute Gasteiger partial charge is 0.490 e. The molecule has 0 radical (unpaired) electrons. The van der Waals surface area contributed by atoms with Crippen LogP contribution in [0.4, 0.5) is 0 Å². The highest BCUT2D eigenvalue weighted by Crippen LogP contribution is 2.45. The number of nitrogens with zero attached hydrogens (tertiary/aromatic N) is 2. The minimum absolute atomic E-state index is 0.104. The summed E-state index contributed by atoms with van der Waals surface area (Å²) in [5.74, 6) is -0.470. The van der Waals surface area contributed by atoms with Crippen molar-refractivity contribution in [2.24, 2.45) is 4.99 Å². The van der Waals surface area contributed by atoms with Crippen molar-refractivity contribution in [1.29, 1.82) is 0 Å². The highest BCUT2D eigenvalue weighted by atomic mass is 32.2. The van der Waals surface area contributed by atoms with Crippen LogP contribution >= 0.6 is 11.8 Å². The van der Waals surface area contributed by atoms with Gasteiger partial charge < -0.3 is 14.2 Å². The Morgan fingerprint density at radius 2 is 1.90 bits per heavy atom. The summed E-state index contributed by atoms with van der Waals surface area (Å²) in [6.45, 7) is 9.09. The van der Waals surface area contributed by atoms with E-state index in [4.69, 9.17) is 14.2 Å². The lowest BCUT2D eigenvalue weighted by molar-refractivity contribution is -0.139. The molecule has 2 heterocycles. The smallest absolute Gasteiger partial charge is 0.338 e. The van der Waals surface area contributed by atoms with Gasteiger partial charge in [0.15, 0.2) is 16.7 Å². The number of amidine groups is 1. The van der Waals surface area contributed by atoms with Gasteiger partial charge in [0, 0.05) is 6.92 Å². The van der Waals surface area contributed by atoms with Crippen molar-refractivity contribution in [3.05, 3.63) is 35.0 Å². The first-order valence-corrected chi connectivity index (χ1v) is 11.1. The number of fused-ring (bicyclic) bond motifs is 1. The van der Waals surface area contributed by atoms with Crippen molar-refractivity contribution >= 4 is 34.8 Å². The molecule has 0 bridgehead atoms. The van der Waals surface area contributed by atoms with Gasteiger partial charge in [0.2, 0.25) is 5.91 Å². The van der Waals surface area contributed by atoms with E-state index >= 15 is 0 Å². The second-order valence-corrected chi connectivity index (χ2v) is 8.14. The molecule has 3 rings (SSSR count). The standard InChI is InChI=1S/C22H26N2O6S/c1-6-17-20(26)24-19(18(21(27)29-8-3)12(4)23-22(24)31-17)14-9-10-15(30-13(5)25)16(11-14)28-7-2/h9-11,17,19H,6-8H2,1-5H3/t17-,19+/m0/s1. The maximum atomic E-state index is 13.2. The predicted octanol–water partition coefficient (Wildman–Crippen LogP) is 3.61. The highest BCUT2D eigenvalue weighted by Gasteiger charge is 2.47. The number of aliphatic imine (C=N–C) groups is 1. The SMILES string of the molecule is CCOC(=O)C1=C(C)N=C2S[C@@H](CC)C(=O)N2[C@@H]1c1ccc(OC(C)=O)c(OCC)c1. The van der Waals surface area contributed by atoms with Gasteiger partial charge >= 0.3 is 11.9 Å². The third-order valence-electron chi connectivity index (χ3n) is 4.85. The van der Waals surface area contributed by atoms with Crippen LogP contribution in [0.15, 0.2) is 34.5 Å². The van der Waals surface area contributed by atoms with Crippen molar-refractivity contribution in [3.63, 3.8) is 0 Å². The third-order valence-corrected chi connectivity index (χ3v) is 6.17. The van der Waals surface area contributed by atoms with Gasteiger partial charge in [-0.25, -0.2) is 9.79 Å². The van der Waals surface area contributed by atoms with Crippen LogP contribution in [0, 0.1) is 0 Å². The summed E-state index contributed by atoms with van der Waals surface area (Å²) in [5.41, 5.74) is 1.45. The molecule has 9 heteroatoms. The van der Waals surface area contributed by atoms with Gasteiger partial charge in [-0.05, 0) is 44.9 Å². The summed E-state index contributed by atoms with van der Waals surface area (Å²) >= 11 is 1.40. The van der Waals surface area contributed by atoms with Gasteiger partial charge in [-0.15, -0.1) is 0 Å². The molecule has 1 aromatic carbocycles. The van der Waals surface area contributed by atoms with Gasteiger partial charge in [-0.2, -0.15) is 0 Å². The topological polar surface area (TPSA) is 94.5 Å². The van der Waals surface area contributed by atoms with Crippen molar-refractivity contribution in [2.45, 2.75) is 52.3 Å². The predicted molar refractivity (Wildman–Crippen MR) is 117 cm³/mol. The number of carbonyl (C=O) groups excluding carboxylic acids is 3. The average Bonchev–Trinajstić information content (AvgIpc) is 3.03. The van der Waals surface area contributed by atoms with Crippen LogP contribution in [0.1, 0.15) is 52.6 Å². The number of ether oxygens (including phenoxy) is 3. The molecule has 166 valence electrons. The van der Waals surface area contributed by atoms with Crippen molar-refractivity contribution < 1.29 is 28.6 Å². The first-order chi connectivity index (χ1) is 14.8. The summed E-state index contributed by atoms with van der Waals surface area (Å²) in [4.78, 5) is 43.6. The molecular formula is C22H26N2O6S. The van der Waals surface area contributed by atoms with E-state index in [0.717, 1.165) is 0 Å². The summed E-state index contributed by atoms with van der Waals surface area (Å²) in [5, 5.41) is 0.302. The van der Waals surface area contributed by atoms with Crippen LogP contribution in [0.5, 0.6) is 11.5 Å². The Kier molecular flexibility index (Phi) is 7.04. The Hall–Kier alpha value is -2.81. The van der Waals surface area contributed by atoms with E-state index in [0.29, 0.717) is 40.8 Å². The van der Waals surface area contributed by atoms with E-state index in [1.165, 1.54) is 18.7 Å². The summed E-state index contributed by atoms with van der Waals surface area (Å²) < 4.78 is 16.2. The van der Waals surface area contributed by atoms with Crippen LogP contribution in [-0.2, 0) is 19.1 Å². The number of benzene rings is 1. The highest BCUT2D eigenvalue weighted by molar-refractivity contribution is 8.15. The molecule has 0 aliphatic carbocycles. The molecule has 1 amide bonds. The van der Waals surface area contributed by atoms with Crippen LogP contribution in [-0.4, -0.2) is 46.4 Å². The molecule has 1 saturated heterocycles. The van der Waals surface area contributed by atoms with Gasteiger partial charge in [0.25, 0.3) is 0 Å². The fourth-order valence-electron chi connectivity index (χ4n) is 3.58. The molecule has 2 aliphatic rings. The summed E-state index contributed by atoms with van der Waals surface area (Å²) in [6, 6.07) is 4.31. The van der Waals surface area contributed by atoms with Gasteiger partial charge in [0.1, 0.15) is 0 Å². The molecule has 31 heavy (non-hydrogen) atoms. The number of hydrogen-bond donors (Lipinski definition) is 0. The minimum atomic E-state index is -0.714. The number of allylic oxidation sites excluding steroid dienone is 1. The Balaban J connectivity index is 2.15. The van der Waals surface area contributed by atoms with Crippen LogP contribution in [0.3, 0.4) is 0 Å². The Bertz CT molecular complexity index is 971. The molecule has 1 fully saturated rings. The van der Waals surface area contributed by atoms with E-state index in [2.05, 4.69) is 4.99 Å². The lowest BCUT2D eigenvalue weighted by atomic mass is 9.93. The number of thioether (sulfide) groups is 1. The number of amides is 1.